The maximum Gasteiger partial charge on any atom is 0.412 e. The Bertz CT molecular complexity index is 1200. The molecule has 0 aliphatic rings. The van der Waals surface area contributed by atoms with Crippen molar-refractivity contribution < 1.29 is 18.7 Å². The number of rotatable bonds is 7. The molecule has 0 fully saturated rings. The smallest absolute Gasteiger partial charge is 0.412 e. The molecule has 1 aromatic heterocycles. The van der Waals surface area contributed by atoms with Gasteiger partial charge in [0.1, 0.15) is 11.4 Å². The molecule has 8 heteroatoms. The molecule has 2 N–H and O–H groups in total. The summed E-state index contributed by atoms with van der Waals surface area (Å²) in [6, 6.07) is 13.6. The van der Waals surface area contributed by atoms with Crippen LogP contribution in [-0.2, 0) is 16.1 Å². The van der Waals surface area contributed by atoms with Gasteiger partial charge >= 0.3 is 6.09 Å². The second-order valence-electron chi connectivity index (χ2n) is 8.45. The maximum absolute atomic E-state index is 13.7. The number of aromatic nitrogens is 2. The Labute approximate surface area is 211 Å². The van der Waals surface area contributed by atoms with Crippen LogP contribution < -0.4 is 10.6 Å². The van der Waals surface area contributed by atoms with Crippen LogP contribution in [0.2, 0.25) is 0 Å². The first kappa shape index (κ1) is 28.0. The van der Waals surface area contributed by atoms with Gasteiger partial charge in [-0.05, 0) is 50.6 Å². The van der Waals surface area contributed by atoms with Crippen molar-refractivity contribution in [3.63, 3.8) is 0 Å². The molecule has 0 radical (unpaired) electrons. The zero-order valence-corrected chi connectivity index (χ0v) is 21.3. The third-order valence-corrected chi connectivity index (χ3v) is 4.36. The van der Waals surface area contributed by atoms with Gasteiger partial charge in [0.15, 0.2) is 0 Å². The van der Waals surface area contributed by atoms with Gasteiger partial charge < -0.3 is 10.1 Å². The highest BCUT2D eigenvalue weighted by molar-refractivity contribution is 6.05. The van der Waals surface area contributed by atoms with Gasteiger partial charge in [-0.3, -0.25) is 14.8 Å². The summed E-state index contributed by atoms with van der Waals surface area (Å²) < 4.78 is 20.6. The second-order valence-corrected chi connectivity index (χ2v) is 8.45. The Balaban J connectivity index is 0.00000222. The maximum atomic E-state index is 13.7. The van der Waals surface area contributed by atoms with Crippen molar-refractivity contribution in [3.8, 4) is 0 Å². The number of ether oxygens (including phenoxy) is 1. The Hall–Kier alpha value is -4.20. The monoisotopic (exact) mass is 492 g/mol. The molecule has 3 rings (SSSR count). The fourth-order valence-corrected chi connectivity index (χ4v) is 2.92. The van der Waals surface area contributed by atoms with Crippen LogP contribution in [-0.4, -0.2) is 27.4 Å². The van der Waals surface area contributed by atoms with Crippen molar-refractivity contribution in [2.45, 2.75) is 46.8 Å². The molecule has 0 aliphatic carbocycles. The number of hydrogen-bond donors (Lipinski definition) is 2. The van der Waals surface area contributed by atoms with Crippen LogP contribution in [0.25, 0.3) is 12.2 Å². The van der Waals surface area contributed by atoms with Gasteiger partial charge in [-0.1, -0.05) is 56.3 Å². The number of nitrogens with zero attached hydrogens (tertiary/aromatic N) is 2. The van der Waals surface area contributed by atoms with Gasteiger partial charge in [-0.25, -0.2) is 9.18 Å². The molecule has 3 aromatic rings. The fourth-order valence-electron chi connectivity index (χ4n) is 2.92. The molecule has 0 aliphatic heterocycles. The molecule has 7 nitrogen and oxygen atoms in total. The van der Waals surface area contributed by atoms with E-state index in [0.717, 1.165) is 17.2 Å². The third-order valence-electron chi connectivity index (χ3n) is 4.36. The van der Waals surface area contributed by atoms with E-state index in [2.05, 4.69) is 15.7 Å². The Morgan fingerprint density at radius 2 is 1.72 bits per heavy atom. The molecule has 0 saturated carbocycles. The van der Waals surface area contributed by atoms with Gasteiger partial charge in [-0.2, -0.15) is 5.10 Å². The standard InChI is InChI=1S/C26H27FN4O3.C2H6/c1-26(2,3)34-25(33)30-23-16-21(27)12-13-22(23)29-24(32)14-11-20-17-28-31(18-20)15-7-10-19-8-5-4-6-9-19;1-2/h4-14,16-18H,15H2,1-3H3,(H,29,32)(H,30,33);1-2H3/b10-7+,14-11+;. The highest BCUT2D eigenvalue weighted by Crippen LogP contribution is 2.24. The summed E-state index contributed by atoms with van der Waals surface area (Å²) in [5, 5.41) is 9.37. The normalized spacial score (nSPS) is 11.2. The quantitative estimate of drug-likeness (QED) is 0.357. The SMILES string of the molecule is CC.CC(C)(C)OC(=O)Nc1cc(F)ccc1NC(=O)/C=C/c1cnn(C/C=C/c2ccccc2)c1. The Kier molecular flexibility index (Phi) is 10.6. The molecule has 2 amide bonds. The number of nitrogens with one attached hydrogen (secondary N) is 2. The number of benzene rings is 2. The average Bonchev–Trinajstić information content (AvgIpc) is 3.28. The Morgan fingerprint density at radius 1 is 1.00 bits per heavy atom. The fraction of sp³-hybridized carbons (Fsp3) is 0.250. The van der Waals surface area contributed by atoms with Crippen molar-refractivity contribution in [2.24, 2.45) is 0 Å². The highest BCUT2D eigenvalue weighted by atomic mass is 19.1. The molecule has 0 saturated heterocycles. The molecule has 190 valence electrons. The topological polar surface area (TPSA) is 85.2 Å². The minimum absolute atomic E-state index is 0.0917. The minimum atomic E-state index is -0.752. The van der Waals surface area contributed by atoms with E-state index in [1.54, 1.807) is 37.7 Å². The number of carbonyl (C=O) groups excluding carboxylic acids is 2. The summed E-state index contributed by atoms with van der Waals surface area (Å²) in [6.45, 7) is 9.73. The molecular weight excluding hydrogens is 459 g/mol. The number of hydrogen-bond acceptors (Lipinski definition) is 4. The first-order valence-electron chi connectivity index (χ1n) is 11.7. The molecule has 36 heavy (non-hydrogen) atoms. The predicted octanol–water partition coefficient (Wildman–Crippen LogP) is 6.76. The number of amides is 2. The molecule has 0 atom stereocenters. The lowest BCUT2D eigenvalue weighted by Crippen LogP contribution is -2.27. The van der Waals surface area contributed by atoms with Gasteiger partial charge in [0, 0.05) is 17.8 Å². The summed E-state index contributed by atoms with van der Waals surface area (Å²) >= 11 is 0. The lowest BCUT2D eigenvalue weighted by atomic mass is 10.2. The molecule has 0 spiro atoms. The lowest BCUT2D eigenvalue weighted by Gasteiger charge is -2.20. The molecule has 0 unspecified atom stereocenters. The van der Waals surface area contributed by atoms with Crippen LogP contribution in [0.3, 0.4) is 0 Å². The third kappa shape index (κ3) is 9.97. The summed E-state index contributed by atoms with van der Waals surface area (Å²) in [5.41, 5.74) is 1.46. The molecule has 1 heterocycles. The first-order valence-corrected chi connectivity index (χ1v) is 11.7. The van der Waals surface area contributed by atoms with Crippen LogP contribution in [0.15, 0.2) is 73.1 Å². The van der Waals surface area contributed by atoms with E-state index in [1.165, 1.54) is 18.2 Å². The van der Waals surface area contributed by atoms with Gasteiger partial charge in [0.25, 0.3) is 0 Å². The van der Waals surface area contributed by atoms with E-state index < -0.39 is 23.4 Å². The van der Waals surface area contributed by atoms with E-state index in [0.29, 0.717) is 6.54 Å². The van der Waals surface area contributed by atoms with E-state index in [4.69, 9.17) is 4.74 Å². The minimum Gasteiger partial charge on any atom is -0.444 e. The van der Waals surface area contributed by atoms with Crippen molar-refractivity contribution in [1.82, 2.24) is 9.78 Å². The van der Waals surface area contributed by atoms with Gasteiger partial charge in [-0.15, -0.1) is 0 Å². The number of allylic oxidation sites excluding steroid dienone is 1. The van der Waals surface area contributed by atoms with Crippen LogP contribution in [0.5, 0.6) is 0 Å². The van der Waals surface area contributed by atoms with Crippen molar-refractivity contribution in [2.75, 3.05) is 10.6 Å². The van der Waals surface area contributed by atoms with Crippen molar-refractivity contribution in [3.05, 3.63) is 90.0 Å². The van der Waals surface area contributed by atoms with E-state index in [1.807, 2.05) is 62.5 Å². The van der Waals surface area contributed by atoms with E-state index in [-0.39, 0.29) is 11.4 Å². The van der Waals surface area contributed by atoms with Gasteiger partial charge in [0.05, 0.1) is 24.1 Å². The summed E-state index contributed by atoms with van der Waals surface area (Å²) in [4.78, 5) is 24.4. The molecule has 2 aromatic carbocycles. The van der Waals surface area contributed by atoms with Crippen molar-refractivity contribution >= 4 is 35.5 Å². The summed E-state index contributed by atoms with van der Waals surface area (Å²) in [5.74, 6) is -1.01. The van der Waals surface area contributed by atoms with Crippen LogP contribution in [0.1, 0.15) is 45.7 Å². The molecular formula is C28H33FN4O3. The van der Waals surface area contributed by atoms with Crippen LogP contribution in [0.4, 0.5) is 20.6 Å². The van der Waals surface area contributed by atoms with Crippen LogP contribution >= 0.6 is 0 Å². The Morgan fingerprint density at radius 3 is 2.42 bits per heavy atom. The largest absolute Gasteiger partial charge is 0.444 e. The molecule has 0 bridgehead atoms. The van der Waals surface area contributed by atoms with Gasteiger partial charge in [0.2, 0.25) is 5.91 Å². The second kappa shape index (κ2) is 13.6. The predicted molar refractivity (Wildman–Crippen MR) is 143 cm³/mol. The first-order chi connectivity index (χ1) is 17.2. The summed E-state index contributed by atoms with van der Waals surface area (Å²) in [6.07, 6.45) is 9.66. The summed E-state index contributed by atoms with van der Waals surface area (Å²) in [7, 11) is 0. The number of anilines is 2. The lowest BCUT2D eigenvalue weighted by molar-refractivity contribution is -0.111. The average molecular weight is 493 g/mol. The van der Waals surface area contributed by atoms with Crippen molar-refractivity contribution in [1.29, 1.82) is 0 Å². The number of carbonyl (C=O) groups is 2. The number of halogens is 1. The van der Waals surface area contributed by atoms with E-state index in [9.17, 15) is 14.0 Å². The van der Waals surface area contributed by atoms with E-state index >= 15 is 0 Å². The zero-order valence-electron chi connectivity index (χ0n) is 21.3. The zero-order chi connectivity index (χ0) is 26.6. The van der Waals surface area contributed by atoms with Crippen LogP contribution in [0, 0.1) is 5.82 Å². The highest BCUT2D eigenvalue weighted by Gasteiger charge is 2.18.